The standard InChI is InChI=1S/C2H2F3O6PS/c3-1-13(8,9)11-2(4,5)10-12(6)7/h1H2/p+1. The van der Waals surface area contributed by atoms with E-state index in [9.17, 15) is 26.2 Å². The minimum atomic E-state index is -5.10. The summed E-state index contributed by atoms with van der Waals surface area (Å²) in [5.41, 5.74) is 0. The summed E-state index contributed by atoms with van der Waals surface area (Å²) in [5.74, 6) is 0. The lowest BCUT2D eigenvalue weighted by Gasteiger charge is -2.06. The van der Waals surface area contributed by atoms with Gasteiger partial charge in [0.05, 0.1) is 0 Å². The molecule has 1 unspecified atom stereocenters. The van der Waals surface area contributed by atoms with Crippen LogP contribution in [0.2, 0.25) is 0 Å². The first kappa shape index (κ1) is 12.7. The maximum Gasteiger partial charge on any atom is 0.703 e. The summed E-state index contributed by atoms with van der Waals surface area (Å²) in [5, 5.41) is 0. The quantitative estimate of drug-likeness (QED) is 0.429. The summed E-state index contributed by atoms with van der Waals surface area (Å²) in [6, 6.07) is -2.20. The van der Waals surface area contributed by atoms with Gasteiger partial charge in [-0.2, -0.15) is 12.6 Å². The lowest BCUT2D eigenvalue weighted by Crippen LogP contribution is -2.26. The lowest BCUT2D eigenvalue weighted by atomic mass is 11.3. The molecule has 0 saturated heterocycles. The van der Waals surface area contributed by atoms with Crippen molar-refractivity contribution in [1.29, 1.82) is 0 Å². The Morgan fingerprint density at radius 1 is 1.46 bits per heavy atom. The third-order valence-corrected chi connectivity index (χ3v) is 1.63. The first-order valence-electron chi connectivity index (χ1n) is 2.41. The molecule has 11 heteroatoms. The monoisotopic (exact) mass is 243 g/mol. The zero-order valence-corrected chi connectivity index (χ0v) is 7.40. The number of rotatable bonds is 5. The van der Waals surface area contributed by atoms with Crippen LogP contribution < -0.4 is 0 Å². The number of hydrogen-bond acceptors (Lipinski definition) is 5. The van der Waals surface area contributed by atoms with Crippen molar-refractivity contribution >= 4 is 18.4 Å². The van der Waals surface area contributed by atoms with Crippen molar-refractivity contribution in [2.75, 3.05) is 6.01 Å². The minimum Gasteiger partial charge on any atom is -0.231 e. The van der Waals surface area contributed by atoms with Crippen molar-refractivity contribution in [3.8, 4) is 0 Å². The molecule has 6 nitrogen and oxygen atoms in total. The third kappa shape index (κ3) is 5.88. The number of halogens is 3. The van der Waals surface area contributed by atoms with E-state index in [-0.39, 0.29) is 0 Å². The van der Waals surface area contributed by atoms with Crippen LogP contribution in [-0.2, 0) is 23.4 Å². The molecule has 0 aromatic carbocycles. The topological polar surface area (TPSA) is 89.9 Å². The average Bonchev–Trinajstić information content (AvgIpc) is 1.81. The molecule has 0 radical (unpaired) electrons. The molecule has 78 valence electrons. The second-order valence-corrected chi connectivity index (χ2v) is 3.70. The Hall–Kier alpha value is -0.280. The second-order valence-electron chi connectivity index (χ2n) is 1.54. The summed E-state index contributed by atoms with van der Waals surface area (Å²) in [4.78, 5) is 7.80. The molecule has 0 rings (SSSR count). The zero-order chi connectivity index (χ0) is 10.7. The zero-order valence-electron chi connectivity index (χ0n) is 5.68. The summed E-state index contributed by atoms with van der Waals surface area (Å²) >= 11 is 0. The van der Waals surface area contributed by atoms with E-state index in [1.54, 1.807) is 0 Å². The van der Waals surface area contributed by atoms with Gasteiger partial charge >= 0.3 is 24.7 Å². The Balaban J connectivity index is 4.42. The van der Waals surface area contributed by atoms with Gasteiger partial charge in [0.2, 0.25) is 6.01 Å². The predicted octanol–water partition coefficient (Wildman–Crippen LogP) is 0.476. The van der Waals surface area contributed by atoms with Gasteiger partial charge < -0.3 is 0 Å². The molecule has 0 bridgehead atoms. The fourth-order valence-corrected chi connectivity index (χ4v) is 0.920. The van der Waals surface area contributed by atoms with Crippen LogP contribution in [0.5, 0.6) is 0 Å². The van der Waals surface area contributed by atoms with Crippen LogP contribution in [-0.4, -0.2) is 25.6 Å². The fraction of sp³-hybridized carbons (Fsp3) is 1.00. The highest BCUT2D eigenvalue weighted by molar-refractivity contribution is 7.86. The fourth-order valence-electron chi connectivity index (χ4n) is 0.276. The summed E-state index contributed by atoms with van der Waals surface area (Å²) in [6.07, 6.45) is -4.85. The van der Waals surface area contributed by atoms with Crippen molar-refractivity contribution in [3.05, 3.63) is 0 Å². The SMILES string of the molecule is O=[P+](O)OC(F)(F)OS(=O)(=O)CF. The van der Waals surface area contributed by atoms with Crippen molar-refractivity contribution in [3.63, 3.8) is 0 Å². The van der Waals surface area contributed by atoms with E-state index in [1.165, 1.54) is 0 Å². The van der Waals surface area contributed by atoms with Crippen LogP contribution in [0.15, 0.2) is 0 Å². The second kappa shape index (κ2) is 4.29. The van der Waals surface area contributed by atoms with Crippen molar-refractivity contribution in [2.24, 2.45) is 0 Å². The molecule has 0 amide bonds. The molecular weight excluding hydrogens is 240 g/mol. The van der Waals surface area contributed by atoms with Gasteiger partial charge in [-0.05, 0) is 4.52 Å². The van der Waals surface area contributed by atoms with Crippen LogP contribution in [0, 0.1) is 0 Å². The minimum absolute atomic E-state index is 2.20. The van der Waals surface area contributed by atoms with Gasteiger partial charge in [0.1, 0.15) is 0 Å². The maximum atomic E-state index is 12.0. The first-order chi connectivity index (χ1) is 5.68. The molecule has 0 aromatic rings. The molecule has 0 aliphatic carbocycles. The average molecular weight is 243 g/mol. The van der Waals surface area contributed by atoms with Crippen molar-refractivity contribution < 1.29 is 39.8 Å². The van der Waals surface area contributed by atoms with Gasteiger partial charge in [-0.15, -0.1) is 13.7 Å². The third-order valence-electron chi connectivity index (χ3n) is 0.542. The Bertz CT molecular complexity index is 286. The van der Waals surface area contributed by atoms with E-state index in [4.69, 9.17) is 4.89 Å². The molecule has 0 spiro atoms. The Morgan fingerprint density at radius 2 is 1.92 bits per heavy atom. The maximum absolute atomic E-state index is 12.0. The summed E-state index contributed by atoms with van der Waals surface area (Å²) in [6.45, 7) is 0. The number of alkyl halides is 3. The van der Waals surface area contributed by atoms with Gasteiger partial charge in [-0.3, -0.25) is 0 Å². The van der Waals surface area contributed by atoms with E-state index in [2.05, 4.69) is 8.71 Å². The molecule has 0 heterocycles. The highest BCUT2D eigenvalue weighted by Gasteiger charge is 2.47. The van der Waals surface area contributed by atoms with Crippen LogP contribution in [0.1, 0.15) is 0 Å². The van der Waals surface area contributed by atoms with Crippen LogP contribution >= 0.6 is 8.25 Å². The summed E-state index contributed by atoms with van der Waals surface area (Å²) < 4.78 is 70.9. The van der Waals surface area contributed by atoms with Crippen LogP contribution in [0.25, 0.3) is 0 Å². The lowest BCUT2D eigenvalue weighted by molar-refractivity contribution is -0.306. The molecule has 13 heavy (non-hydrogen) atoms. The van der Waals surface area contributed by atoms with Crippen molar-refractivity contribution in [2.45, 2.75) is 6.29 Å². The van der Waals surface area contributed by atoms with E-state index in [0.717, 1.165) is 0 Å². The largest absolute Gasteiger partial charge is 0.703 e. The van der Waals surface area contributed by atoms with Gasteiger partial charge in [0, 0.05) is 4.57 Å². The van der Waals surface area contributed by atoms with E-state index in [1.807, 2.05) is 0 Å². The van der Waals surface area contributed by atoms with E-state index < -0.39 is 30.7 Å². The molecule has 0 aliphatic heterocycles. The highest BCUT2D eigenvalue weighted by atomic mass is 32.2. The molecule has 1 N–H and O–H groups in total. The van der Waals surface area contributed by atoms with Gasteiger partial charge in [-0.1, -0.05) is 0 Å². The predicted molar refractivity (Wildman–Crippen MR) is 31.8 cm³/mol. The molecular formula is C2H3F3O6PS+. The molecule has 0 fully saturated rings. The highest BCUT2D eigenvalue weighted by Crippen LogP contribution is 2.31. The van der Waals surface area contributed by atoms with Gasteiger partial charge in [0.15, 0.2) is 0 Å². The van der Waals surface area contributed by atoms with Gasteiger partial charge in [-0.25, -0.2) is 4.39 Å². The van der Waals surface area contributed by atoms with E-state index in [0.29, 0.717) is 0 Å². The van der Waals surface area contributed by atoms with Crippen LogP contribution in [0.4, 0.5) is 13.2 Å². The van der Waals surface area contributed by atoms with E-state index >= 15 is 0 Å². The summed E-state index contributed by atoms with van der Waals surface area (Å²) in [7, 11) is -8.86. The Morgan fingerprint density at radius 3 is 2.23 bits per heavy atom. The normalized spacial score (nSPS) is 14.3. The molecule has 0 aromatic heterocycles. The van der Waals surface area contributed by atoms with Crippen LogP contribution in [0.3, 0.4) is 0 Å². The molecule has 0 saturated carbocycles. The van der Waals surface area contributed by atoms with Crippen molar-refractivity contribution in [1.82, 2.24) is 0 Å². The molecule has 0 aliphatic rings. The molecule has 1 atom stereocenters. The first-order valence-corrected chi connectivity index (χ1v) is 5.11. The van der Waals surface area contributed by atoms with Gasteiger partial charge in [0.25, 0.3) is 0 Å². The Kier molecular flexibility index (Phi) is 4.20. The number of hydrogen-bond donors (Lipinski definition) is 1. The Labute approximate surface area is 71.3 Å². The smallest absolute Gasteiger partial charge is 0.231 e.